The lowest BCUT2D eigenvalue weighted by molar-refractivity contribution is 0.137. The fourth-order valence-electron chi connectivity index (χ4n) is 2.44. The molecular formula is C14H22BrClN2O. The van der Waals surface area contributed by atoms with Gasteiger partial charge in [-0.1, -0.05) is 12.1 Å². The van der Waals surface area contributed by atoms with Crippen LogP contribution in [0.3, 0.4) is 0 Å². The van der Waals surface area contributed by atoms with E-state index in [1.165, 1.54) is 5.56 Å². The van der Waals surface area contributed by atoms with E-state index >= 15 is 0 Å². The van der Waals surface area contributed by atoms with Crippen LogP contribution in [0.1, 0.15) is 19.4 Å². The highest BCUT2D eigenvalue weighted by Crippen LogP contribution is 2.30. The molecular weight excluding hydrogens is 328 g/mol. The number of rotatable bonds is 3. The maximum atomic E-state index is 5.49. The third-order valence-corrected chi connectivity index (χ3v) is 4.14. The second kappa shape index (κ2) is 7.48. The van der Waals surface area contributed by atoms with Gasteiger partial charge in [0.05, 0.1) is 11.6 Å². The first kappa shape index (κ1) is 16.8. The first-order valence-electron chi connectivity index (χ1n) is 6.40. The topological polar surface area (TPSA) is 24.5 Å². The number of para-hydroxylation sites is 1. The van der Waals surface area contributed by atoms with Crippen molar-refractivity contribution in [1.82, 2.24) is 10.2 Å². The van der Waals surface area contributed by atoms with Crippen molar-refractivity contribution in [3.05, 3.63) is 28.2 Å². The summed E-state index contributed by atoms with van der Waals surface area (Å²) in [6.45, 7) is 7.57. The summed E-state index contributed by atoms with van der Waals surface area (Å²) in [5.41, 5.74) is 1.24. The molecule has 2 atom stereocenters. The smallest absolute Gasteiger partial charge is 0.137 e. The minimum atomic E-state index is 0. The van der Waals surface area contributed by atoms with Crippen LogP contribution >= 0.6 is 28.3 Å². The van der Waals surface area contributed by atoms with Gasteiger partial charge in [0.1, 0.15) is 5.75 Å². The molecule has 1 N–H and O–H groups in total. The average molecular weight is 350 g/mol. The van der Waals surface area contributed by atoms with E-state index in [1.807, 2.05) is 6.07 Å². The molecule has 3 nitrogen and oxygen atoms in total. The molecule has 0 bridgehead atoms. The van der Waals surface area contributed by atoms with Crippen LogP contribution in [0, 0.1) is 0 Å². The molecule has 2 rings (SSSR count). The highest BCUT2D eigenvalue weighted by Gasteiger charge is 2.23. The number of methoxy groups -OCH3 is 1. The van der Waals surface area contributed by atoms with E-state index in [9.17, 15) is 0 Å². The molecule has 1 fully saturated rings. The molecule has 5 heteroatoms. The number of halogens is 2. The summed E-state index contributed by atoms with van der Waals surface area (Å²) in [4.78, 5) is 2.51. The fraction of sp³-hybridized carbons (Fsp3) is 0.571. The number of ether oxygens (including phenoxy) is 1. The van der Waals surface area contributed by atoms with Crippen molar-refractivity contribution < 1.29 is 4.74 Å². The summed E-state index contributed by atoms with van der Waals surface area (Å²) in [6, 6.07) is 7.34. The Morgan fingerprint density at radius 2 is 2.16 bits per heavy atom. The van der Waals surface area contributed by atoms with Gasteiger partial charge >= 0.3 is 0 Å². The highest BCUT2D eigenvalue weighted by molar-refractivity contribution is 9.10. The van der Waals surface area contributed by atoms with Crippen LogP contribution in [0.4, 0.5) is 0 Å². The van der Waals surface area contributed by atoms with Gasteiger partial charge in [-0.15, -0.1) is 12.4 Å². The summed E-state index contributed by atoms with van der Waals surface area (Å²) in [6.07, 6.45) is 0. The minimum absolute atomic E-state index is 0. The van der Waals surface area contributed by atoms with Crippen molar-refractivity contribution in [2.24, 2.45) is 0 Å². The highest BCUT2D eigenvalue weighted by atomic mass is 79.9. The number of nitrogens with zero attached hydrogens (tertiary/aromatic N) is 1. The number of piperazine rings is 1. The first-order valence-corrected chi connectivity index (χ1v) is 7.20. The maximum absolute atomic E-state index is 5.49. The summed E-state index contributed by atoms with van der Waals surface area (Å²) in [7, 11) is 1.73. The lowest BCUT2D eigenvalue weighted by Crippen LogP contribution is -2.53. The molecule has 108 valence electrons. The van der Waals surface area contributed by atoms with Crippen LogP contribution in [0.25, 0.3) is 0 Å². The van der Waals surface area contributed by atoms with Gasteiger partial charge in [0, 0.05) is 37.3 Å². The van der Waals surface area contributed by atoms with Crippen molar-refractivity contribution in [2.75, 3.05) is 20.2 Å². The number of hydrogen-bond acceptors (Lipinski definition) is 3. The Balaban J connectivity index is 0.00000180. The van der Waals surface area contributed by atoms with Gasteiger partial charge in [0.15, 0.2) is 0 Å². The lowest BCUT2D eigenvalue weighted by Gasteiger charge is -2.37. The van der Waals surface area contributed by atoms with E-state index in [0.717, 1.165) is 29.9 Å². The lowest BCUT2D eigenvalue weighted by atomic mass is 10.1. The molecule has 1 heterocycles. The SMILES string of the molecule is COc1c(Br)cccc1CN1CC(C)NCC1C.Cl. The van der Waals surface area contributed by atoms with Crippen LogP contribution in [0.2, 0.25) is 0 Å². The number of benzene rings is 1. The summed E-state index contributed by atoms with van der Waals surface area (Å²) in [5.74, 6) is 0.955. The monoisotopic (exact) mass is 348 g/mol. The fourth-order valence-corrected chi connectivity index (χ4v) is 3.01. The Labute approximate surface area is 130 Å². The Morgan fingerprint density at radius 3 is 2.84 bits per heavy atom. The van der Waals surface area contributed by atoms with Crippen LogP contribution in [-0.4, -0.2) is 37.2 Å². The van der Waals surface area contributed by atoms with Gasteiger partial charge in [0.2, 0.25) is 0 Å². The zero-order valence-electron chi connectivity index (χ0n) is 11.6. The van der Waals surface area contributed by atoms with E-state index in [-0.39, 0.29) is 12.4 Å². The molecule has 19 heavy (non-hydrogen) atoms. The molecule has 1 aliphatic rings. The number of nitrogens with one attached hydrogen (secondary N) is 1. The van der Waals surface area contributed by atoms with Crippen molar-refractivity contribution in [3.63, 3.8) is 0 Å². The standard InChI is InChI=1S/C14H21BrN2O.ClH/c1-10-8-17(11(2)7-16-10)9-12-5-4-6-13(15)14(12)18-3;/h4-6,10-11,16H,7-9H2,1-3H3;1H. The third kappa shape index (κ3) is 4.09. The van der Waals surface area contributed by atoms with Crippen molar-refractivity contribution >= 4 is 28.3 Å². The maximum Gasteiger partial charge on any atom is 0.137 e. The Kier molecular flexibility index (Phi) is 6.60. The molecule has 2 unspecified atom stereocenters. The summed E-state index contributed by atoms with van der Waals surface area (Å²) >= 11 is 3.54. The molecule has 1 saturated heterocycles. The second-order valence-electron chi connectivity index (χ2n) is 5.02. The second-order valence-corrected chi connectivity index (χ2v) is 5.87. The zero-order chi connectivity index (χ0) is 13.1. The molecule has 0 aliphatic carbocycles. The zero-order valence-corrected chi connectivity index (χ0v) is 14.1. The van der Waals surface area contributed by atoms with E-state index in [4.69, 9.17) is 4.74 Å². The van der Waals surface area contributed by atoms with Crippen LogP contribution in [0.15, 0.2) is 22.7 Å². The molecule has 1 aliphatic heterocycles. The van der Waals surface area contributed by atoms with Crippen LogP contribution in [-0.2, 0) is 6.54 Å². The van der Waals surface area contributed by atoms with Gasteiger partial charge < -0.3 is 10.1 Å². The Bertz CT molecular complexity index is 416. The summed E-state index contributed by atoms with van der Waals surface area (Å²) < 4.78 is 6.52. The molecule has 1 aromatic carbocycles. The largest absolute Gasteiger partial charge is 0.495 e. The minimum Gasteiger partial charge on any atom is -0.495 e. The predicted molar refractivity (Wildman–Crippen MR) is 85.3 cm³/mol. The average Bonchev–Trinajstić information content (AvgIpc) is 2.34. The van der Waals surface area contributed by atoms with E-state index in [0.29, 0.717) is 12.1 Å². The van der Waals surface area contributed by atoms with Gasteiger partial charge in [-0.3, -0.25) is 4.90 Å². The molecule has 1 aromatic rings. The first-order chi connectivity index (χ1) is 8.61. The van der Waals surface area contributed by atoms with Crippen LogP contribution in [0.5, 0.6) is 5.75 Å². The van der Waals surface area contributed by atoms with Gasteiger partial charge in [-0.25, -0.2) is 0 Å². The third-order valence-electron chi connectivity index (χ3n) is 3.52. The van der Waals surface area contributed by atoms with Crippen molar-refractivity contribution in [2.45, 2.75) is 32.5 Å². The van der Waals surface area contributed by atoms with E-state index < -0.39 is 0 Å². The van der Waals surface area contributed by atoms with Crippen molar-refractivity contribution in [1.29, 1.82) is 0 Å². The Morgan fingerprint density at radius 1 is 1.42 bits per heavy atom. The van der Waals surface area contributed by atoms with E-state index in [1.54, 1.807) is 7.11 Å². The molecule has 0 saturated carbocycles. The molecule has 0 amide bonds. The number of hydrogen-bond donors (Lipinski definition) is 1. The van der Waals surface area contributed by atoms with Gasteiger partial charge in [-0.05, 0) is 35.8 Å². The predicted octanol–water partition coefficient (Wildman–Crippen LogP) is 3.06. The van der Waals surface area contributed by atoms with Gasteiger partial charge in [0.25, 0.3) is 0 Å². The molecule has 0 radical (unpaired) electrons. The van der Waals surface area contributed by atoms with Crippen LogP contribution < -0.4 is 10.1 Å². The molecule has 0 aromatic heterocycles. The van der Waals surface area contributed by atoms with Crippen molar-refractivity contribution in [3.8, 4) is 5.75 Å². The molecule has 0 spiro atoms. The normalized spacial score (nSPS) is 23.8. The Hall–Kier alpha value is -0.290. The quantitative estimate of drug-likeness (QED) is 0.907. The summed E-state index contributed by atoms with van der Waals surface area (Å²) in [5, 5.41) is 3.51. The van der Waals surface area contributed by atoms with Gasteiger partial charge in [-0.2, -0.15) is 0 Å². The van der Waals surface area contributed by atoms with E-state index in [2.05, 4.69) is 52.1 Å².